The van der Waals surface area contributed by atoms with Crippen LogP contribution in [-0.4, -0.2) is 57.0 Å². The summed E-state index contributed by atoms with van der Waals surface area (Å²) in [7, 11) is -2.86. The van der Waals surface area contributed by atoms with Gasteiger partial charge in [0.25, 0.3) is 5.91 Å². The van der Waals surface area contributed by atoms with Crippen molar-refractivity contribution in [1.82, 2.24) is 10.3 Å². The van der Waals surface area contributed by atoms with Crippen LogP contribution in [0.15, 0.2) is 24.3 Å². The number of amides is 1. The molecule has 1 heterocycles. The second-order valence-corrected chi connectivity index (χ2v) is 7.12. The fourth-order valence-electron chi connectivity index (χ4n) is 2.12. The van der Waals surface area contributed by atoms with E-state index < -0.39 is 15.7 Å². The minimum atomic E-state index is -2.86. The molecule has 0 aliphatic carbocycles. The molecule has 1 aromatic rings. The number of hydrazine groups is 1. The third-order valence-corrected chi connectivity index (χ3v) is 4.97. The van der Waals surface area contributed by atoms with Gasteiger partial charge in [-0.2, -0.15) is 0 Å². The van der Waals surface area contributed by atoms with Crippen LogP contribution in [0.3, 0.4) is 0 Å². The maximum atomic E-state index is 11.6. The molecule has 0 bridgehead atoms. The molecular weight excluding hydrogens is 294 g/mol. The zero-order chi connectivity index (χ0) is 15.3. The molecule has 0 unspecified atom stereocenters. The summed E-state index contributed by atoms with van der Waals surface area (Å²) in [5.74, 6) is 5.57. The normalized spacial score (nSPS) is 18.1. The molecule has 1 saturated heterocycles. The monoisotopic (exact) mass is 313 g/mol. The summed E-state index contributed by atoms with van der Waals surface area (Å²) in [5.41, 5.74) is 2.45. The summed E-state index contributed by atoms with van der Waals surface area (Å²) in [6, 6.07) is 6.83. The Bertz CT molecular complexity index is 589. The number of nitrogens with two attached hydrogens (primary N) is 1. The zero-order valence-corrected chi connectivity index (χ0v) is 12.4. The maximum Gasteiger partial charge on any atom is 0.268 e. The van der Waals surface area contributed by atoms with Gasteiger partial charge in [0.05, 0.1) is 17.1 Å². The number of hydrogen-bond acceptors (Lipinski definition) is 6. The predicted molar refractivity (Wildman–Crippen MR) is 78.7 cm³/mol. The summed E-state index contributed by atoms with van der Waals surface area (Å²) in [4.78, 5) is 13.6. The Morgan fingerprint density at radius 1 is 1.29 bits per heavy atom. The first-order chi connectivity index (χ1) is 10.0. The summed E-state index contributed by atoms with van der Waals surface area (Å²) < 4.78 is 28.3. The highest BCUT2D eigenvalue weighted by Gasteiger charge is 2.21. The highest BCUT2D eigenvalue weighted by Crippen LogP contribution is 2.17. The van der Waals surface area contributed by atoms with Crippen molar-refractivity contribution in [2.75, 3.05) is 37.7 Å². The smallest absolute Gasteiger partial charge is 0.268 e. The quantitative estimate of drug-likeness (QED) is 0.427. The largest absolute Gasteiger partial charge is 0.491 e. The van der Waals surface area contributed by atoms with Crippen molar-refractivity contribution in [1.29, 1.82) is 0 Å². The van der Waals surface area contributed by atoms with Gasteiger partial charge in [-0.3, -0.25) is 15.1 Å². The van der Waals surface area contributed by atoms with Crippen LogP contribution in [0.5, 0.6) is 5.75 Å². The molecule has 0 atom stereocenters. The first-order valence-corrected chi connectivity index (χ1v) is 8.49. The summed E-state index contributed by atoms with van der Waals surface area (Å²) >= 11 is 0. The first kappa shape index (κ1) is 15.7. The number of nitrogens with zero attached hydrogens (tertiary/aromatic N) is 1. The van der Waals surface area contributed by atoms with E-state index in [0.717, 1.165) is 0 Å². The summed E-state index contributed by atoms with van der Waals surface area (Å²) in [6.07, 6.45) is 0. The van der Waals surface area contributed by atoms with Gasteiger partial charge in [0.2, 0.25) is 0 Å². The molecule has 0 radical (unpaired) electrons. The van der Waals surface area contributed by atoms with Crippen LogP contribution >= 0.6 is 0 Å². The number of para-hydroxylation sites is 1. The molecule has 1 amide bonds. The van der Waals surface area contributed by atoms with E-state index in [9.17, 15) is 13.2 Å². The predicted octanol–water partition coefficient (Wildman–Crippen LogP) is -0.601. The Balaban J connectivity index is 1.86. The van der Waals surface area contributed by atoms with Crippen LogP contribution in [0, 0.1) is 0 Å². The van der Waals surface area contributed by atoms with E-state index in [2.05, 4.69) is 5.43 Å². The Morgan fingerprint density at radius 3 is 2.62 bits per heavy atom. The third kappa shape index (κ3) is 4.42. The van der Waals surface area contributed by atoms with Gasteiger partial charge in [0, 0.05) is 19.6 Å². The van der Waals surface area contributed by atoms with Crippen molar-refractivity contribution in [2.24, 2.45) is 5.84 Å². The minimum Gasteiger partial charge on any atom is -0.491 e. The standard InChI is InChI=1S/C13H19N3O4S/c14-15-13(17)11-3-1-2-4-12(11)20-8-5-16-6-9-21(18,19)10-7-16/h1-4H,5-10,14H2,(H,15,17). The molecule has 1 aliphatic heterocycles. The Morgan fingerprint density at radius 2 is 1.95 bits per heavy atom. The van der Waals surface area contributed by atoms with Gasteiger partial charge in [0.15, 0.2) is 9.84 Å². The van der Waals surface area contributed by atoms with Gasteiger partial charge >= 0.3 is 0 Å². The topological polar surface area (TPSA) is 102 Å². The lowest BCUT2D eigenvalue weighted by Crippen LogP contribution is -2.42. The number of carbonyl (C=O) groups is 1. The van der Waals surface area contributed by atoms with Gasteiger partial charge in [-0.1, -0.05) is 12.1 Å². The molecule has 7 nitrogen and oxygen atoms in total. The van der Waals surface area contributed by atoms with Crippen LogP contribution in [-0.2, 0) is 9.84 Å². The van der Waals surface area contributed by atoms with Crippen LogP contribution in [0.2, 0.25) is 0 Å². The van der Waals surface area contributed by atoms with Crippen molar-refractivity contribution in [2.45, 2.75) is 0 Å². The van der Waals surface area contributed by atoms with Gasteiger partial charge < -0.3 is 4.74 Å². The fraction of sp³-hybridized carbons (Fsp3) is 0.462. The molecule has 3 N–H and O–H groups in total. The lowest BCUT2D eigenvalue weighted by Gasteiger charge is -2.26. The second-order valence-electron chi connectivity index (χ2n) is 4.81. The molecule has 0 saturated carbocycles. The summed E-state index contributed by atoms with van der Waals surface area (Å²) in [6.45, 7) is 2.05. The number of sulfone groups is 1. The zero-order valence-electron chi connectivity index (χ0n) is 11.6. The molecule has 116 valence electrons. The highest BCUT2D eigenvalue weighted by atomic mass is 32.2. The van der Waals surface area contributed by atoms with E-state index >= 15 is 0 Å². The van der Waals surface area contributed by atoms with E-state index in [1.54, 1.807) is 24.3 Å². The number of carbonyl (C=O) groups excluding carboxylic acids is 1. The van der Waals surface area contributed by atoms with E-state index in [1.165, 1.54) is 0 Å². The average molecular weight is 313 g/mol. The molecule has 8 heteroatoms. The van der Waals surface area contributed by atoms with E-state index in [0.29, 0.717) is 37.6 Å². The molecule has 0 spiro atoms. The van der Waals surface area contributed by atoms with E-state index in [-0.39, 0.29) is 11.5 Å². The Labute approximate surface area is 124 Å². The van der Waals surface area contributed by atoms with Gasteiger partial charge in [-0.15, -0.1) is 0 Å². The van der Waals surface area contributed by atoms with Crippen molar-refractivity contribution in [3.63, 3.8) is 0 Å². The number of hydrogen-bond donors (Lipinski definition) is 2. The van der Waals surface area contributed by atoms with Gasteiger partial charge in [-0.05, 0) is 12.1 Å². The Kier molecular flexibility index (Phi) is 5.16. The van der Waals surface area contributed by atoms with Crippen LogP contribution in [0.4, 0.5) is 0 Å². The lowest BCUT2D eigenvalue weighted by molar-refractivity contribution is 0.0948. The van der Waals surface area contributed by atoms with Crippen molar-refractivity contribution < 1.29 is 17.9 Å². The third-order valence-electron chi connectivity index (χ3n) is 3.36. The molecule has 1 fully saturated rings. The van der Waals surface area contributed by atoms with Crippen molar-refractivity contribution in [3.05, 3.63) is 29.8 Å². The van der Waals surface area contributed by atoms with Crippen LogP contribution < -0.4 is 16.0 Å². The SMILES string of the molecule is NNC(=O)c1ccccc1OCCN1CCS(=O)(=O)CC1. The Hall–Kier alpha value is -1.64. The fourth-order valence-corrected chi connectivity index (χ4v) is 3.39. The van der Waals surface area contributed by atoms with Gasteiger partial charge in [-0.25, -0.2) is 14.3 Å². The first-order valence-electron chi connectivity index (χ1n) is 6.67. The van der Waals surface area contributed by atoms with Gasteiger partial charge in [0.1, 0.15) is 12.4 Å². The molecule has 2 rings (SSSR count). The molecule has 1 aromatic carbocycles. The molecule has 21 heavy (non-hydrogen) atoms. The maximum absolute atomic E-state index is 11.6. The minimum absolute atomic E-state index is 0.194. The molecular formula is C13H19N3O4S. The number of nitrogens with one attached hydrogen (secondary N) is 1. The number of nitrogen functional groups attached to an aromatic ring is 1. The van der Waals surface area contributed by atoms with Crippen LogP contribution in [0.1, 0.15) is 10.4 Å². The van der Waals surface area contributed by atoms with E-state index in [4.69, 9.17) is 10.6 Å². The number of rotatable bonds is 5. The average Bonchev–Trinajstić information content (AvgIpc) is 2.48. The van der Waals surface area contributed by atoms with Crippen LogP contribution in [0.25, 0.3) is 0 Å². The van der Waals surface area contributed by atoms with E-state index in [1.807, 2.05) is 4.90 Å². The lowest BCUT2D eigenvalue weighted by atomic mass is 10.2. The molecule has 1 aliphatic rings. The second kappa shape index (κ2) is 6.88. The number of benzene rings is 1. The van der Waals surface area contributed by atoms with Crippen molar-refractivity contribution in [3.8, 4) is 5.75 Å². The highest BCUT2D eigenvalue weighted by molar-refractivity contribution is 7.91. The molecule has 0 aromatic heterocycles. The number of ether oxygens (including phenoxy) is 1. The van der Waals surface area contributed by atoms with Crippen molar-refractivity contribution >= 4 is 15.7 Å². The summed E-state index contributed by atoms with van der Waals surface area (Å²) in [5, 5.41) is 0.